The highest BCUT2D eigenvalue weighted by Gasteiger charge is 2.11. The monoisotopic (exact) mass is 129 g/mol. The quantitative estimate of drug-likeness (QED) is 0.346. The third-order valence-electron chi connectivity index (χ3n) is 0.813. The van der Waals surface area contributed by atoms with Crippen molar-refractivity contribution in [2.24, 2.45) is 5.73 Å². The topological polar surface area (TPSA) is 61.9 Å². The van der Waals surface area contributed by atoms with Crippen LogP contribution < -0.4 is 11.1 Å². The Morgan fingerprint density at radius 3 is 2.88 bits per heavy atom. The molecule has 0 aromatic rings. The summed E-state index contributed by atoms with van der Waals surface area (Å²) in [5, 5.41) is 11.7. The number of thioether (sulfide) groups is 1. The molecule has 4 N–H and O–H groups in total. The first kappa shape index (κ1) is 5.50. The molecule has 1 unspecified atom stereocenters. The lowest BCUT2D eigenvalue weighted by Gasteiger charge is -2.04. The van der Waals surface area contributed by atoms with E-state index in [9.17, 15) is 0 Å². The second-order valence-corrected chi connectivity index (χ2v) is 2.46. The first-order chi connectivity index (χ1) is 3.80. The van der Waals surface area contributed by atoms with Crippen molar-refractivity contribution in [2.75, 3.05) is 0 Å². The fraction of sp³-hybridized carbons (Fsp3) is 0.250. The predicted molar refractivity (Wildman–Crippen MR) is 35.6 cm³/mol. The van der Waals surface area contributed by atoms with Crippen LogP contribution in [0.1, 0.15) is 0 Å². The van der Waals surface area contributed by atoms with Crippen molar-refractivity contribution in [3.63, 3.8) is 0 Å². The van der Waals surface area contributed by atoms with Crippen LogP contribution in [0.3, 0.4) is 0 Å². The summed E-state index contributed by atoms with van der Waals surface area (Å²) in [6.45, 7) is 0. The Bertz CT molecular complexity index is 123. The van der Waals surface area contributed by atoms with Crippen LogP contribution in [-0.4, -0.2) is 11.2 Å². The van der Waals surface area contributed by atoms with Crippen LogP contribution >= 0.6 is 11.8 Å². The summed E-state index contributed by atoms with van der Waals surface area (Å²) in [5.41, 5.74) is 5.16. The molecular weight excluding hydrogens is 122 g/mol. The van der Waals surface area contributed by atoms with E-state index in [1.165, 1.54) is 11.8 Å². The second kappa shape index (κ2) is 2.09. The standard InChI is InChI=1S/C4H7N3S/c5-3(6)4-7-1-2-8-4/h1-2,4,7H,(H3,5,6). The van der Waals surface area contributed by atoms with Crippen molar-refractivity contribution in [1.29, 1.82) is 5.41 Å². The van der Waals surface area contributed by atoms with Gasteiger partial charge in [0.05, 0.1) is 0 Å². The van der Waals surface area contributed by atoms with E-state index in [1.807, 2.05) is 5.41 Å². The Kier molecular flexibility index (Phi) is 1.43. The van der Waals surface area contributed by atoms with Crippen LogP contribution in [0.4, 0.5) is 0 Å². The van der Waals surface area contributed by atoms with Crippen molar-refractivity contribution in [3.8, 4) is 0 Å². The molecule has 1 aliphatic heterocycles. The minimum Gasteiger partial charge on any atom is -0.385 e. The van der Waals surface area contributed by atoms with E-state index in [1.54, 1.807) is 6.20 Å². The molecule has 4 heteroatoms. The minimum absolute atomic E-state index is 0.0185. The van der Waals surface area contributed by atoms with Gasteiger partial charge in [0.15, 0.2) is 0 Å². The van der Waals surface area contributed by atoms with E-state index in [0.29, 0.717) is 0 Å². The summed E-state index contributed by atoms with van der Waals surface area (Å²) in [5.74, 6) is 0.181. The van der Waals surface area contributed by atoms with E-state index in [0.717, 1.165) is 0 Å². The zero-order chi connectivity index (χ0) is 5.98. The summed E-state index contributed by atoms with van der Waals surface area (Å²) >= 11 is 1.51. The summed E-state index contributed by atoms with van der Waals surface area (Å²) in [4.78, 5) is 0. The first-order valence-electron chi connectivity index (χ1n) is 2.21. The summed E-state index contributed by atoms with van der Waals surface area (Å²) in [6, 6.07) is 0. The van der Waals surface area contributed by atoms with Gasteiger partial charge in [-0.15, -0.1) is 0 Å². The second-order valence-electron chi connectivity index (χ2n) is 1.44. The Hall–Kier alpha value is -0.640. The zero-order valence-electron chi connectivity index (χ0n) is 4.22. The van der Waals surface area contributed by atoms with E-state index in [-0.39, 0.29) is 11.2 Å². The van der Waals surface area contributed by atoms with Gasteiger partial charge < -0.3 is 11.1 Å². The Balaban J connectivity index is 2.41. The van der Waals surface area contributed by atoms with Gasteiger partial charge in [0.2, 0.25) is 0 Å². The average Bonchev–Trinajstić information content (AvgIpc) is 2.12. The lowest BCUT2D eigenvalue weighted by atomic mass is 10.6. The molecule has 3 nitrogen and oxygen atoms in total. The molecule has 1 rings (SSSR count). The van der Waals surface area contributed by atoms with Gasteiger partial charge in [-0.05, 0) is 5.41 Å². The molecule has 0 aromatic heterocycles. The molecule has 1 heterocycles. The Morgan fingerprint density at radius 2 is 2.62 bits per heavy atom. The molecule has 44 valence electrons. The van der Waals surface area contributed by atoms with E-state index < -0.39 is 0 Å². The number of amidine groups is 1. The van der Waals surface area contributed by atoms with E-state index in [2.05, 4.69) is 5.32 Å². The third-order valence-corrected chi connectivity index (χ3v) is 1.77. The molecule has 0 radical (unpaired) electrons. The first-order valence-corrected chi connectivity index (χ1v) is 3.15. The van der Waals surface area contributed by atoms with Gasteiger partial charge in [0.1, 0.15) is 11.2 Å². The van der Waals surface area contributed by atoms with Crippen LogP contribution in [0.15, 0.2) is 11.6 Å². The van der Waals surface area contributed by atoms with Crippen molar-refractivity contribution in [1.82, 2.24) is 5.32 Å². The van der Waals surface area contributed by atoms with Crippen LogP contribution in [-0.2, 0) is 0 Å². The van der Waals surface area contributed by atoms with Gasteiger partial charge in [-0.25, -0.2) is 0 Å². The normalized spacial score (nSPS) is 25.2. The van der Waals surface area contributed by atoms with Gasteiger partial charge >= 0.3 is 0 Å². The number of nitrogens with one attached hydrogen (secondary N) is 2. The van der Waals surface area contributed by atoms with Crippen molar-refractivity contribution in [3.05, 3.63) is 11.6 Å². The average molecular weight is 129 g/mol. The maximum absolute atomic E-state index is 6.95. The Labute approximate surface area is 51.8 Å². The summed E-state index contributed by atoms with van der Waals surface area (Å²) in [6.07, 6.45) is 1.79. The van der Waals surface area contributed by atoms with Gasteiger partial charge in [-0.2, -0.15) is 0 Å². The smallest absolute Gasteiger partial charge is 0.134 e. The number of hydrogen-bond acceptors (Lipinski definition) is 3. The molecule has 0 aromatic carbocycles. The number of rotatable bonds is 1. The van der Waals surface area contributed by atoms with Crippen molar-refractivity contribution >= 4 is 17.6 Å². The largest absolute Gasteiger partial charge is 0.385 e. The lowest BCUT2D eigenvalue weighted by Crippen LogP contribution is -2.32. The summed E-state index contributed by atoms with van der Waals surface area (Å²) < 4.78 is 0. The van der Waals surface area contributed by atoms with Crippen LogP contribution in [0.2, 0.25) is 0 Å². The molecule has 1 aliphatic rings. The fourth-order valence-corrected chi connectivity index (χ4v) is 1.06. The molecule has 0 saturated heterocycles. The SMILES string of the molecule is N=C(N)C1NC=CS1. The highest BCUT2D eigenvalue weighted by Crippen LogP contribution is 2.13. The van der Waals surface area contributed by atoms with Gasteiger partial charge in [-0.3, -0.25) is 5.41 Å². The molecule has 0 spiro atoms. The maximum Gasteiger partial charge on any atom is 0.134 e. The zero-order valence-corrected chi connectivity index (χ0v) is 5.03. The maximum atomic E-state index is 6.95. The van der Waals surface area contributed by atoms with Gasteiger partial charge in [-0.1, -0.05) is 11.8 Å². The van der Waals surface area contributed by atoms with E-state index in [4.69, 9.17) is 11.1 Å². The van der Waals surface area contributed by atoms with Gasteiger partial charge in [0.25, 0.3) is 0 Å². The molecule has 0 amide bonds. The third kappa shape index (κ3) is 0.949. The highest BCUT2D eigenvalue weighted by atomic mass is 32.2. The highest BCUT2D eigenvalue weighted by molar-refractivity contribution is 8.03. The predicted octanol–water partition coefficient (Wildman–Crippen LogP) is 0.0561. The van der Waals surface area contributed by atoms with E-state index >= 15 is 0 Å². The molecular formula is C4H7N3S. The summed E-state index contributed by atoms with van der Waals surface area (Å²) in [7, 11) is 0. The van der Waals surface area contributed by atoms with Gasteiger partial charge in [0, 0.05) is 6.20 Å². The minimum atomic E-state index is -0.0185. The Morgan fingerprint density at radius 1 is 1.88 bits per heavy atom. The molecule has 0 bridgehead atoms. The fourth-order valence-electron chi connectivity index (χ4n) is 0.447. The van der Waals surface area contributed by atoms with Crippen LogP contribution in [0.25, 0.3) is 0 Å². The molecule has 8 heavy (non-hydrogen) atoms. The number of hydrogen-bond donors (Lipinski definition) is 3. The molecule has 1 atom stereocenters. The molecule has 0 fully saturated rings. The van der Waals surface area contributed by atoms with Crippen molar-refractivity contribution < 1.29 is 0 Å². The molecule has 0 saturated carbocycles. The molecule has 0 aliphatic carbocycles. The van der Waals surface area contributed by atoms with Crippen molar-refractivity contribution in [2.45, 2.75) is 5.37 Å². The number of nitrogens with two attached hydrogens (primary N) is 1. The van der Waals surface area contributed by atoms with Crippen LogP contribution in [0.5, 0.6) is 0 Å². The lowest BCUT2D eigenvalue weighted by molar-refractivity contribution is 0.964. The van der Waals surface area contributed by atoms with Crippen LogP contribution in [0, 0.1) is 5.41 Å².